The van der Waals surface area contributed by atoms with Crippen LogP contribution < -0.4 is 4.74 Å². The third-order valence-electron chi connectivity index (χ3n) is 4.11. The van der Waals surface area contributed by atoms with E-state index in [1.54, 1.807) is 24.3 Å². The monoisotopic (exact) mass is 370 g/mol. The van der Waals surface area contributed by atoms with Gasteiger partial charge in [0.15, 0.2) is 0 Å². The van der Waals surface area contributed by atoms with Crippen molar-refractivity contribution >= 4 is 40.3 Å². The molecule has 7 nitrogen and oxygen atoms in total. The minimum atomic E-state index is -0.852. The predicted octanol–water partition coefficient (Wildman–Crippen LogP) is 3.20. The summed E-state index contributed by atoms with van der Waals surface area (Å²) in [7, 11) is 1.45. The first-order valence-corrected chi connectivity index (χ1v) is 7.94. The summed E-state index contributed by atoms with van der Waals surface area (Å²) < 4.78 is 5.15. The van der Waals surface area contributed by atoms with Gasteiger partial charge in [-0.15, -0.1) is 0 Å². The number of aromatic amines is 1. The number of nitrogens with zero attached hydrogens (tertiary/aromatic N) is 1. The second-order valence-electron chi connectivity index (χ2n) is 5.56. The summed E-state index contributed by atoms with van der Waals surface area (Å²) in [5.74, 6) is -1.83. The van der Waals surface area contributed by atoms with E-state index in [9.17, 15) is 14.4 Å². The fourth-order valence-electron chi connectivity index (χ4n) is 2.83. The van der Waals surface area contributed by atoms with Crippen LogP contribution in [-0.2, 0) is 4.84 Å². The van der Waals surface area contributed by atoms with Crippen LogP contribution in [0.15, 0.2) is 42.6 Å². The predicted molar refractivity (Wildman–Crippen MR) is 92.2 cm³/mol. The van der Waals surface area contributed by atoms with Gasteiger partial charge < -0.3 is 14.6 Å². The molecular formula is C18H11ClN2O5. The Morgan fingerprint density at radius 3 is 2.38 bits per heavy atom. The van der Waals surface area contributed by atoms with E-state index in [0.29, 0.717) is 26.7 Å². The number of rotatable bonds is 3. The molecule has 0 aliphatic carbocycles. The number of methoxy groups -OCH3 is 1. The molecule has 0 saturated carbocycles. The van der Waals surface area contributed by atoms with Gasteiger partial charge in [-0.25, -0.2) is 4.79 Å². The minimum absolute atomic E-state index is 0.145. The van der Waals surface area contributed by atoms with E-state index < -0.39 is 17.8 Å². The highest BCUT2D eigenvalue weighted by Gasteiger charge is 2.39. The Morgan fingerprint density at radius 1 is 1.12 bits per heavy atom. The molecular weight excluding hydrogens is 360 g/mol. The quantitative estimate of drug-likeness (QED) is 0.715. The number of ether oxygens (including phenoxy) is 1. The number of carbonyl (C=O) groups is 3. The number of imide groups is 1. The summed E-state index contributed by atoms with van der Waals surface area (Å²) in [4.78, 5) is 45.1. The molecule has 1 aliphatic rings. The summed E-state index contributed by atoms with van der Waals surface area (Å²) in [5.41, 5.74) is 1.12. The molecule has 0 bridgehead atoms. The van der Waals surface area contributed by atoms with E-state index in [0.717, 1.165) is 0 Å². The molecule has 2 aromatic carbocycles. The summed E-state index contributed by atoms with van der Waals surface area (Å²) in [6, 6.07) is 9.45. The van der Waals surface area contributed by atoms with Gasteiger partial charge in [-0.3, -0.25) is 9.59 Å². The van der Waals surface area contributed by atoms with Gasteiger partial charge in [0, 0.05) is 17.1 Å². The van der Waals surface area contributed by atoms with Crippen LogP contribution >= 0.6 is 11.6 Å². The normalized spacial score (nSPS) is 13.2. The van der Waals surface area contributed by atoms with Gasteiger partial charge in [0.25, 0.3) is 11.8 Å². The van der Waals surface area contributed by atoms with Crippen LogP contribution in [0.1, 0.15) is 31.1 Å². The van der Waals surface area contributed by atoms with Crippen molar-refractivity contribution in [3.63, 3.8) is 0 Å². The topological polar surface area (TPSA) is 88.7 Å². The van der Waals surface area contributed by atoms with Crippen LogP contribution in [0.2, 0.25) is 5.02 Å². The molecule has 0 saturated heterocycles. The van der Waals surface area contributed by atoms with Crippen molar-refractivity contribution in [1.29, 1.82) is 0 Å². The molecule has 8 heteroatoms. The molecule has 0 unspecified atom stereocenters. The lowest BCUT2D eigenvalue weighted by atomic mass is 10.1. The smallest absolute Gasteiger partial charge is 0.366 e. The Bertz CT molecular complexity index is 1050. The molecule has 4 rings (SSSR count). The third kappa shape index (κ3) is 2.33. The zero-order valence-electron chi connectivity index (χ0n) is 13.4. The van der Waals surface area contributed by atoms with Gasteiger partial charge in [-0.2, -0.15) is 0 Å². The number of nitrogens with one attached hydrogen (secondary N) is 1. The molecule has 2 amide bonds. The van der Waals surface area contributed by atoms with Gasteiger partial charge in [-0.1, -0.05) is 28.8 Å². The molecule has 2 heterocycles. The average molecular weight is 371 g/mol. The molecule has 0 spiro atoms. The lowest BCUT2D eigenvalue weighted by Crippen LogP contribution is -2.32. The summed E-state index contributed by atoms with van der Waals surface area (Å²) in [5, 5.41) is 1.34. The fraction of sp³-hybridized carbons (Fsp3) is 0.0556. The molecule has 0 radical (unpaired) electrons. The van der Waals surface area contributed by atoms with Gasteiger partial charge in [0.1, 0.15) is 5.75 Å². The Balaban J connectivity index is 1.67. The molecule has 0 fully saturated rings. The highest BCUT2D eigenvalue weighted by atomic mass is 35.5. The van der Waals surface area contributed by atoms with Crippen LogP contribution in [0, 0.1) is 0 Å². The van der Waals surface area contributed by atoms with Crippen molar-refractivity contribution in [1.82, 2.24) is 10.0 Å². The number of amides is 2. The second-order valence-corrected chi connectivity index (χ2v) is 5.97. The van der Waals surface area contributed by atoms with E-state index in [4.69, 9.17) is 21.2 Å². The summed E-state index contributed by atoms with van der Waals surface area (Å²) >= 11 is 6.06. The molecule has 26 heavy (non-hydrogen) atoms. The van der Waals surface area contributed by atoms with Crippen molar-refractivity contribution in [2.24, 2.45) is 0 Å². The first-order chi connectivity index (χ1) is 12.5. The zero-order valence-corrected chi connectivity index (χ0v) is 14.2. The minimum Gasteiger partial charge on any atom is -0.495 e. The number of carbonyl (C=O) groups excluding carboxylic acids is 3. The highest BCUT2D eigenvalue weighted by Crippen LogP contribution is 2.32. The van der Waals surface area contributed by atoms with E-state index >= 15 is 0 Å². The van der Waals surface area contributed by atoms with Gasteiger partial charge >= 0.3 is 5.97 Å². The maximum atomic E-state index is 12.5. The van der Waals surface area contributed by atoms with Crippen molar-refractivity contribution in [2.75, 3.05) is 7.11 Å². The first kappa shape index (κ1) is 16.2. The number of halogens is 1. The molecule has 1 N–H and O–H groups in total. The number of H-pyrrole nitrogens is 1. The maximum Gasteiger partial charge on any atom is 0.366 e. The Hall–Kier alpha value is -3.32. The van der Waals surface area contributed by atoms with Crippen molar-refractivity contribution in [3.05, 3.63) is 64.3 Å². The Morgan fingerprint density at radius 2 is 1.77 bits per heavy atom. The van der Waals surface area contributed by atoms with Crippen LogP contribution in [0.25, 0.3) is 10.9 Å². The lowest BCUT2D eigenvalue weighted by Gasteiger charge is -2.12. The van der Waals surface area contributed by atoms with Crippen LogP contribution in [0.5, 0.6) is 5.75 Å². The fourth-order valence-corrected chi connectivity index (χ4v) is 3.07. The van der Waals surface area contributed by atoms with Crippen LogP contribution in [0.3, 0.4) is 0 Å². The molecule has 130 valence electrons. The first-order valence-electron chi connectivity index (χ1n) is 7.56. The number of benzene rings is 2. The molecule has 1 aliphatic heterocycles. The number of hydroxylamine groups is 2. The number of hydrogen-bond donors (Lipinski definition) is 1. The summed E-state index contributed by atoms with van der Waals surface area (Å²) in [6.07, 6.45) is 1.42. The lowest BCUT2D eigenvalue weighted by molar-refractivity contribution is -0.0583. The maximum absolute atomic E-state index is 12.5. The standard InChI is InChI=1S/C18H11ClN2O5/c1-25-15-6-11-12(8-20-14(11)7-13(15)19)18(24)26-21-16(22)9-4-2-3-5-10(9)17(21)23/h2-8,20H,1H3. The number of hydrogen-bond acceptors (Lipinski definition) is 5. The Kier molecular flexibility index (Phi) is 3.66. The van der Waals surface area contributed by atoms with Gasteiger partial charge in [-0.05, 0) is 24.3 Å². The van der Waals surface area contributed by atoms with Crippen LogP contribution in [-0.4, -0.2) is 34.9 Å². The van der Waals surface area contributed by atoms with E-state index in [-0.39, 0.29) is 16.7 Å². The SMILES string of the molecule is COc1cc2c(C(=O)ON3C(=O)c4ccccc4C3=O)c[nH]c2cc1Cl. The third-order valence-corrected chi connectivity index (χ3v) is 4.40. The molecule has 1 aromatic heterocycles. The largest absolute Gasteiger partial charge is 0.495 e. The second kappa shape index (κ2) is 5.89. The van der Waals surface area contributed by atoms with Gasteiger partial charge in [0.2, 0.25) is 0 Å². The highest BCUT2D eigenvalue weighted by molar-refractivity contribution is 6.33. The van der Waals surface area contributed by atoms with Crippen LogP contribution in [0.4, 0.5) is 0 Å². The number of aromatic nitrogens is 1. The van der Waals surface area contributed by atoms with E-state index in [2.05, 4.69) is 4.98 Å². The molecule has 0 atom stereocenters. The zero-order chi connectivity index (χ0) is 18.4. The van der Waals surface area contributed by atoms with Crippen molar-refractivity contribution in [2.45, 2.75) is 0 Å². The summed E-state index contributed by atoms with van der Waals surface area (Å²) in [6.45, 7) is 0. The molecule has 3 aromatic rings. The van der Waals surface area contributed by atoms with E-state index in [1.165, 1.54) is 25.4 Å². The van der Waals surface area contributed by atoms with Crippen molar-refractivity contribution in [3.8, 4) is 5.75 Å². The Labute approximate surface area is 152 Å². The average Bonchev–Trinajstić information content (AvgIpc) is 3.15. The van der Waals surface area contributed by atoms with Gasteiger partial charge in [0.05, 0.1) is 28.8 Å². The van der Waals surface area contributed by atoms with E-state index in [1.807, 2.05) is 0 Å². The van der Waals surface area contributed by atoms with Crippen molar-refractivity contribution < 1.29 is 24.0 Å². The number of fused-ring (bicyclic) bond motifs is 2.